The van der Waals surface area contributed by atoms with Crippen LogP contribution in [0, 0.1) is 11.8 Å². The molecule has 2 aliphatic rings. The maximum absolute atomic E-state index is 10.5. The van der Waals surface area contributed by atoms with Crippen molar-refractivity contribution < 1.29 is 5.11 Å². The molecule has 1 saturated heterocycles. The van der Waals surface area contributed by atoms with Gasteiger partial charge in [-0.05, 0) is 38.1 Å². The third kappa shape index (κ3) is 1.96. The van der Waals surface area contributed by atoms with Crippen molar-refractivity contribution in [2.75, 3.05) is 20.1 Å². The Labute approximate surface area is 87.3 Å². The van der Waals surface area contributed by atoms with Crippen molar-refractivity contribution in [3.63, 3.8) is 0 Å². The van der Waals surface area contributed by atoms with Crippen LogP contribution in [-0.4, -0.2) is 35.7 Å². The van der Waals surface area contributed by atoms with E-state index in [0.717, 1.165) is 25.4 Å². The zero-order valence-corrected chi connectivity index (χ0v) is 9.50. The van der Waals surface area contributed by atoms with Crippen molar-refractivity contribution in [1.29, 1.82) is 0 Å². The topological polar surface area (TPSA) is 23.5 Å². The number of aliphatic hydroxyl groups is 1. The van der Waals surface area contributed by atoms with Gasteiger partial charge in [-0.25, -0.2) is 0 Å². The average molecular weight is 197 g/mol. The maximum atomic E-state index is 10.5. The van der Waals surface area contributed by atoms with Gasteiger partial charge in [0.25, 0.3) is 0 Å². The van der Waals surface area contributed by atoms with Crippen molar-refractivity contribution in [2.24, 2.45) is 11.8 Å². The van der Waals surface area contributed by atoms with E-state index in [4.69, 9.17) is 0 Å². The molecule has 2 fully saturated rings. The van der Waals surface area contributed by atoms with E-state index in [1.165, 1.54) is 25.7 Å². The molecular weight excluding hydrogens is 174 g/mol. The fourth-order valence-corrected chi connectivity index (χ4v) is 3.14. The van der Waals surface area contributed by atoms with E-state index in [0.29, 0.717) is 5.92 Å². The van der Waals surface area contributed by atoms with Gasteiger partial charge in [-0.15, -0.1) is 0 Å². The molecule has 1 heterocycles. The van der Waals surface area contributed by atoms with E-state index in [1.807, 2.05) is 0 Å². The first-order valence-corrected chi connectivity index (χ1v) is 6.01. The van der Waals surface area contributed by atoms with Crippen LogP contribution in [-0.2, 0) is 0 Å². The Bertz CT molecular complexity index is 198. The fourth-order valence-electron chi connectivity index (χ4n) is 3.14. The highest BCUT2D eigenvalue weighted by molar-refractivity contribution is 4.95. The van der Waals surface area contributed by atoms with Crippen molar-refractivity contribution >= 4 is 0 Å². The standard InChI is InChI=1S/C12H23NO/c1-10-3-5-11(6-4-10)12(14)7-8-13(2)9-12/h10-11,14H,3-9H2,1-2H3. The number of hydrogen-bond acceptors (Lipinski definition) is 2. The van der Waals surface area contributed by atoms with E-state index in [2.05, 4.69) is 18.9 Å². The van der Waals surface area contributed by atoms with Gasteiger partial charge in [-0.1, -0.05) is 19.8 Å². The van der Waals surface area contributed by atoms with Gasteiger partial charge < -0.3 is 10.0 Å². The summed E-state index contributed by atoms with van der Waals surface area (Å²) in [5, 5.41) is 10.5. The average Bonchev–Trinajstić information content (AvgIpc) is 2.48. The molecule has 0 radical (unpaired) electrons. The lowest BCUT2D eigenvalue weighted by Gasteiger charge is -2.37. The molecule has 2 rings (SSSR count). The Kier molecular flexibility index (Phi) is 2.85. The lowest BCUT2D eigenvalue weighted by molar-refractivity contribution is -0.0265. The summed E-state index contributed by atoms with van der Waals surface area (Å²) in [6, 6.07) is 0. The van der Waals surface area contributed by atoms with Crippen LogP contribution in [0.2, 0.25) is 0 Å². The van der Waals surface area contributed by atoms with Crippen LogP contribution in [0.25, 0.3) is 0 Å². The molecule has 2 nitrogen and oxygen atoms in total. The van der Waals surface area contributed by atoms with Crippen LogP contribution in [0.15, 0.2) is 0 Å². The summed E-state index contributed by atoms with van der Waals surface area (Å²) in [7, 11) is 2.11. The Morgan fingerprint density at radius 2 is 1.86 bits per heavy atom. The highest BCUT2D eigenvalue weighted by atomic mass is 16.3. The minimum Gasteiger partial charge on any atom is -0.388 e. The Hall–Kier alpha value is -0.0800. The van der Waals surface area contributed by atoms with Crippen molar-refractivity contribution in [2.45, 2.75) is 44.6 Å². The minimum absolute atomic E-state index is 0.352. The number of nitrogens with zero attached hydrogens (tertiary/aromatic N) is 1. The predicted molar refractivity (Wildman–Crippen MR) is 58.2 cm³/mol. The van der Waals surface area contributed by atoms with Gasteiger partial charge in [-0.2, -0.15) is 0 Å². The molecule has 1 N–H and O–H groups in total. The third-order valence-corrected chi connectivity index (χ3v) is 4.25. The number of likely N-dealkylation sites (tertiary alicyclic amines) is 1. The van der Waals surface area contributed by atoms with E-state index in [1.54, 1.807) is 0 Å². The second kappa shape index (κ2) is 3.82. The Balaban J connectivity index is 1.94. The Morgan fingerprint density at radius 1 is 1.21 bits per heavy atom. The number of β-amino-alcohol motifs (C(OH)–C–C–N with tert-alkyl or cyclic N) is 1. The summed E-state index contributed by atoms with van der Waals surface area (Å²) < 4.78 is 0. The van der Waals surface area contributed by atoms with Gasteiger partial charge in [-0.3, -0.25) is 0 Å². The molecule has 0 aromatic carbocycles. The van der Waals surface area contributed by atoms with Gasteiger partial charge in [0, 0.05) is 13.1 Å². The van der Waals surface area contributed by atoms with Crippen LogP contribution in [0.1, 0.15) is 39.0 Å². The largest absolute Gasteiger partial charge is 0.388 e. The summed E-state index contributed by atoms with van der Waals surface area (Å²) in [4.78, 5) is 2.26. The zero-order valence-electron chi connectivity index (χ0n) is 9.50. The van der Waals surface area contributed by atoms with Crippen molar-refractivity contribution in [3.8, 4) is 0 Å². The summed E-state index contributed by atoms with van der Waals surface area (Å²) >= 11 is 0. The molecule has 1 unspecified atom stereocenters. The number of hydrogen-bond donors (Lipinski definition) is 1. The molecule has 0 bridgehead atoms. The molecule has 82 valence electrons. The second-order valence-corrected chi connectivity index (χ2v) is 5.55. The molecule has 1 saturated carbocycles. The normalized spacial score (nSPS) is 45.6. The number of rotatable bonds is 1. The van der Waals surface area contributed by atoms with E-state index < -0.39 is 0 Å². The molecule has 0 spiro atoms. The van der Waals surface area contributed by atoms with Crippen molar-refractivity contribution in [3.05, 3.63) is 0 Å². The summed E-state index contributed by atoms with van der Waals surface area (Å²) in [5.41, 5.74) is -0.352. The number of likely N-dealkylation sites (N-methyl/N-ethyl adjacent to an activating group) is 1. The third-order valence-electron chi connectivity index (χ3n) is 4.25. The van der Waals surface area contributed by atoms with Gasteiger partial charge >= 0.3 is 0 Å². The lowest BCUT2D eigenvalue weighted by atomic mass is 9.73. The van der Waals surface area contributed by atoms with Crippen molar-refractivity contribution in [1.82, 2.24) is 4.90 Å². The molecular formula is C12H23NO. The molecule has 1 aliphatic heterocycles. The summed E-state index contributed by atoms with van der Waals surface area (Å²) in [5.74, 6) is 1.46. The molecule has 0 amide bonds. The summed E-state index contributed by atoms with van der Waals surface area (Å²) in [6.45, 7) is 4.30. The molecule has 1 atom stereocenters. The quantitative estimate of drug-likeness (QED) is 0.694. The first-order valence-electron chi connectivity index (χ1n) is 6.01. The second-order valence-electron chi connectivity index (χ2n) is 5.55. The monoisotopic (exact) mass is 197 g/mol. The van der Waals surface area contributed by atoms with Gasteiger partial charge in [0.1, 0.15) is 0 Å². The molecule has 1 aliphatic carbocycles. The fraction of sp³-hybridized carbons (Fsp3) is 1.00. The molecule has 0 aromatic rings. The van der Waals surface area contributed by atoms with Gasteiger partial charge in [0.2, 0.25) is 0 Å². The molecule has 0 aromatic heterocycles. The van der Waals surface area contributed by atoms with Crippen LogP contribution in [0.3, 0.4) is 0 Å². The highest BCUT2D eigenvalue weighted by Gasteiger charge is 2.42. The van der Waals surface area contributed by atoms with Gasteiger partial charge in [0.05, 0.1) is 5.60 Å². The first-order chi connectivity index (χ1) is 6.60. The highest BCUT2D eigenvalue weighted by Crippen LogP contribution is 2.39. The van der Waals surface area contributed by atoms with Gasteiger partial charge in [0.15, 0.2) is 0 Å². The zero-order chi connectivity index (χ0) is 10.2. The van der Waals surface area contributed by atoms with E-state index in [-0.39, 0.29) is 5.60 Å². The minimum atomic E-state index is -0.352. The Morgan fingerprint density at radius 3 is 2.36 bits per heavy atom. The molecule has 2 heteroatoms. The van der Waals surface area contributed by atoms with Crippen LogP contribution in [0.5, 0.6) is 0 Å². The van der Waals surface area contributed by atoms with Crippen LogP contribution >= 0.6 is 0 Å². The van der Waals surface area contributed by atoms with E-state index >= 15 is 0 Å². The first kappa shape index (κ1) is 10.4. The smallest absolute Gasteiger partial charge is 0.0814 e. The van der Waals surface area contributed by atoms with Crippen LogP contribution in [0.4, 0.5) is 0 Å². The predicted octanol–water partition coefficient (Wildman–Crippen LogP) is 1.88. The SMILES string of the molecule is CC1CCC(C2(O)CCN(C)C2)CC1. The van der Waals surface area contributed by atoms with E-state index in [9.17, 15) is 5.11 Å². The lowest BCUT2D eigenvalue weighted by Crippen LogP contribution is -2.41. The maximum Gasteiger partial charge on any atom is 0.0814 e. The van der Waals surface area contributed by atoms with Crippen LogP contribution < -0.4 is 0 Å². The summed E-state index contributed by atoms with van der Waals surface area (Å²) in [6.07, 6.45) is 6.10. The molecule has 14 heavy (non-hydrogen) atoms.